The molecule has 0 unspecified atom stereocenters. The summed E-state index contributed by atoms with van der Waals surface area (Å²) >= 11 is 0. The van der Waals surface area contributed by atoms with Gasteiger partial charge in [0, 0.05) is 17.5 Å². The standard InChI is InChI=1S/C21H28N2O.ClH/c24-21-12-6-11-20-18(17-9-4-5-10-19(17)23(20)21)13-14-22-15-16-7-2-1-3-8-16;/h4-5,9-10,16,22H,1-3,6-8,11-15H2;1H. The monoisotopic (exact) mass is 360 g/mol. The summed E-state index contributed by atoms with van der Waals surface area (Å²) in [4.78, 5) is 12.4. The summed E-state index contributed by atoms with van der Waals surface area (Å²) in [5, 5.41) is 4.96. The van der Waals surface area contributed by atoms with Crippen molar-refractivity contribution in [1.29, 1.82) is 0 Å². The molecule has 1 saturated carbocycles. The van der Waals surface area contributed by atoms with Gasteiger partial charge in [-0.15, -0.1) is 12.4 Å². The average Bonchev–Trinajstić information content (AvgIpc) is 2.95. The maximum absolute atomic E-state index is 12.4. The zero-order valence-corrected chi connectivity index (χ0v) is 15.7. The van der Waals surface area contributed by atoms with Gasteiger partial charge in [0.25, 0.3) is 0 Å². The van der Waals surface area contributed by atoms with Crippen molar-refractivity contribution in [2.75, 3.05) is 13.1 Å². The van der Waals surface area contributed by atoms with E-state index in [1.54, 1.807) is 0 Å². The van der Waals surface area contributed by atoms with Crippen LogP contribution in [0.1, 0.15) is 61.0 Å². The molecule has 4 heteroatoms. The van der Waals surface area contributed by atoms with Gasteiger partial charge in [-0.2, -0.15) is 0 Å². The van der Waals surface area contributed by atoms with E-state index in [9.17, 15) is 4.79 Å². The number of aromatic nitrogens is 1. The Morgan fingerprint density at radius 1 is 1.04 bits per heavy atom. The summed E-state index contributed by atoms with van der Waals surface area (Å²) in [6.45, 7) is 2.18. The van der Waals surface area contributed by atoms with Gasteiger partial charge in [-0.3, -0.25) is 9.36 Å². The van der Waals surface area contributed by atoms with E-state index in [0.717, 1.165) is 43.8 Å². The Bertz CT molecular complexity index is 731. The SMILES string of the molecule is Cl.O=C1CCCc2c(CCNCC3CCCCC3)c3ccccc3n21. The number of fused-ring (bicyclic) bond motifs is 3. The smallest absolute Gasteiger partial charge is 0.231 e. The van der Waals surface area contributed by atoms with E-state index < -0.39 is 0 Å². The van der Waals surface area contributed by atoms with Gasteiger partial charge in [0.2, 0.25) is 5.91 Å². The van der Waals surface area contributed by atoms with Crippen LogP contribution >= 0.6 is 12.4 Å². The minimum atomic E-state index is 0. The van der Waals surface area contributed by atoms with Crippen LogP contribution in [-0.4, -0.2) is 23.6 Å². The number of hydrogen-bond acceptors (Lipinski definition) is 2. The van der Waals surface area contributed by atoms with Gasteiger partial charge in [-0.05, 0) is 62.7 Å². The molecule has 25 heavy (non-hydrogen) atoms. The lowest BCUT2D eigenvalue weighted by molar-refractivity contribution is 0.0889. The highest BCUT2D eigenvalue weighted by Crippen LogP contribution is 2.31. The molecule has 1 aromatic heterocycles. The lowest BCUT2D eigenvalue weighted by Crippen LogP contribution is -2.26. The molecular formula is C21H29ClN2O. The lowest BCUT2D eigenvalue weighted by Gasteiger charge is -2.22. The zero-order chi connectivity index (χ0) is 16.4. The van der Waals surface area contributed by atoms with Gasteiger partial charge in [-0.25, -0.2) is 0 Å². The number of carbonyl (C=O) groups excluding carboxylic acids is 1. The van der Waals surface area contributed by atoms with Crippen LogP contribution in [0.25, 0.3) is 10.9 Å². The summed E-state index contributed by atoms with van der Waals surface area (Å²) in [5.41, 5.74) is 3.78. The molecule has 1 N–H and O–H groups in total. The Morgan fingerprint density at radius 2 is 1.84 bits per heavy atom. The van der Waals surface area contributed by atoms with Crippen molar-refractivity contribution >= 4 is 29.2 Å². The van der Waals surface area contributed by atoms with Crippen LogP contribution < -0.4 is 5.32 Å². The highest BCUT2D eigenvalue weighted by atomic mass is 35.5. The second-order valence-corrected chi connectivity index (χ2v) is 7.48. The summed E-state index contributed by atoms with van der Waals surface area (Å²) in [5.74, 6) is 1.15. The topological polar surface area (TPSA) is 34.0 Å². The first-order chi connectivity index (χ1) is 11.8. The van der Waals surface area contributed by atoms with Crippen molar-refractivity contribution in [1.82, 2.24) is 9.88 Å². The number of benzene rings is 1. The molecule has 0 bridgehead atoms. The maximum atomic E-state index is 12.4. The molecule has 2 aromatic rings. The molecular weight excluding hydrogens is 332 g/mol. The number of halogens is 1. The highest BCUT2D eigenvalue weighted by Gasteiger charge is 2.24. The molecule has 4 rings (SSSR count). The van der Waals surface area contributed by atoms with Gasteiger partial charge in [0.05, 0.1) is 5.52 Å². The molecule has 1 aromatic carbocycles. The fourth-order valence-corrected chi connectivity index (χ4v) is 4.62. The molecule has 136 valence electrons. The first-order valence-corrected chi connectivity index (χ1v) is 9.69. The predicted molar refractivity (Wildman–Crippen MR) is 106 cm³/mol. The van der Waals surface area contributed by atoms with Crippen molar-refractivity contribution in [2.45, 2.75) is 57.8 Å². The fraction of sp³-hybridized carbons (Fsp3) is 0.571. The van der Waals surface area contributed by atoms with E-state index in [0.29, 0.717) is 6.42 Å². The van der Waals surface area contributed by atoms with Crippen molar-refractivity contribution in [3.8, 4) is 0 Å². The third-order valence-corrected chi connectivity index (χ3v) is 5.85. The van der Waals surface area contributed by atoms with E-state index in [2.05, 4.69) is 23.5 Å². The number of nitrogens with one attached hydrogen (secondary N) is 1. The largest absolute Gasteiger partial charge is 0.316 e. The van der Waals surface area contributed by atoms with Crippen LogP contribution in [0.2, 0.25) is 0 Å². The van der Waals surface area contributed by atoms with Crippen LogP contribution in [-0.2, 0) is 12.8 Å². The quantitative estimate of drug-likeness (QED) is 0.780. The maximum Gasteiger partial charge on any atom is 0.231 e. The van der Waals surface area contributed by atoms with Gasteiger partial charge < -0.3 is 5.32 Å². The van der Waals surface area contributed by atoms with E-state index in [-0.39, 0.29) is 18.3 Å². The van der Waals surface area contributed by atoms with E-state index >= 15 is 0 Å². The second-order valence-electron chi connectivity index (χ2n) is 7.48. The number of nitrogens with zero attached hydrogens (tertiary/aromatic N) is 1. The summed E-state index contributed by atoms with van der Waals surface area (Å²) in [6, 6.07) is 8.42. The minimum Gasteiger partial charge on any atom is -0.316 e. The van der Waals surface area contributed by atoms with Gasteiger partial charge in [0.15, 0.2) is 0 Å². The Labute approximate surface area is 156 Å². The van der Waals surface area contributed by atoms with E-state index in [1.165, 1.54) is 48.7 Å². The van der Waals surface area contributed by atoms with Crippen LogP contribution in [0.4, 0.5) is 0 Å². The molecule has 1 aliphatic heterocycles. The molecule has 0 spiro atoms. The predicted octanol–water partition coefficient (Wildman–Crippen LogP) is 4.75. The first kappa shape index (κ1) is 18.5. The van der Waals surface area contributed by atoms with Crippen molar-refractivity contribution in [3.05, 3.63) is 35.5 Å². The van der Waals surface area contributed by atoms with Crippen molar-refractivity contribution in [3.63, 3.8) is 0 Å². The Balaban J connectivity index is 0.00000182. The Kier molecular flexibility index (Phi) is 6.19. The number of rotatable bonds is 5. The van der Waals surface area contributed by atoms with E-state index in [4.69, 9.17) is 0 Å². The molecule has 0 saturated heterocycles. The van der Waals surface area contributed by atoms with Crippen LogP contribution in [0.3, 0.4) is 0 Å². The molecule has 0 atom stereocenters. The third-order valence-electron chi connectivity index (χ3n) is 5.85. The molecule has 0 radical (unpaired) electrons. The van der Waals surface area contributed by atoms with Gasteiger partial charge in [0.1, 0.15) is 0 Å². The number of para-hydroxylation sites is 1. The average molecular weight is 361 g/mol. The number of carbonyl (C=O) groups is 1. The molecule has 2 aliphatic rings. The van der Waals surface area contributed by atoms with Gasteiger partial charge in [-0.1, -0.05) is 37.5 Å². The third kappa shape index (κ3) is 3.78. The summed E-state index contributed by atoms with van der Waals surface area (Å²) < 4.78 is 2.00. The Hall–Kier alpha value is -1.32. The zero-order valence-electron chi connectivity index (χ0n) is 14.9. The van der Waals surface area contributed by atoms with Crippen LogP contribution in [0.15, 0.2) is 24.3 Å². The first-order valence-electron chi connectivity index (χ1n) is 9.69. The summed E-state index contributed by atoms with van der Waals surface area (Å²) in [7, 11) is 0. The minimum absolute atomic E-state index is 0. The lowest BCUT2D eigenvalue weighted by atomic mass is 9.89. The fourth-order valence-electron chi connectivity index (χ4n) is 4.62. The molecule has 1 aliphatic carbocycles. The van der Waals surface area contributed by atoms with Crippen molar-refractivity contribution < 1.29 is 4.79 Å². The number of hydrogen-bond donors (Lipinski definition) is 1. The normalized spacial score (nSPS) is 18.2. The second kappa shape index (κ2) is 8.37. The van der Waals surface area contributed by atoms with E-state index in [1.807, 2.05) is 10.6 Å². The van der Waals surface area contributed by atoms with Crippen molar-refractivity contribution in [2.24, 2.45) is 5.92 Å². The van der Waals surface area contributed by atoms with Crippen LogP contribution in [0, 0.1) is 5.92 Å². The Morgan fingerprint density at radius 3 is 2.68 bits per heavy atom. The molecule has 3 nitrogen and oxygen atoms in total. The van der Waals surface area contributed by atoms with Gasteiger partial charge >= 0.3 is 0 Å². The summed E-state index contributed by atoms with van der Waals surface area (Å²) in [6.07, 6.45) is 10.8. The highest BCUT2D eigenvalue weighted by molar-refractivity contribution is 5.96. The molecule has 2 heterocycles. The molecule has 0 amide bonds. The van der Waals surface area contributed by atoms with Crippen LogP contribution in [0.5, 0.6) is 0 Å². The molecule has 1 fully saturated rings.